The van der Waals surface area contributed by atoms with Crippen molar-refractivity contribution in [3.63, 3.8) is 0 Å². The van der Waals surface area contributed by atoms with Gasteiger partial charge in [-0.3, -0.25) is 4.99 Å². The summed E-state index contributed by atoms with van der Waals surface area (Å²) in [5.41, 5.74) is 0. The molecule has 0 bridgehead atoms. The van der Waals surface area contributed by atoms with Gasteiger partial charge in [0.2, 0.25) is 0 Å². The van der Waals surface area contributed by atoms with Gasteiger partial charge in [0.05, 0.1) is 12.6 Å². The molecule has 1 fully saturated rings. The van der Waals surface area contributed by atoms with E-state index in [4.69, 9.17) is 4.74 Å². The predicted octanol–water partition coefficient (Wildman–Crippen LogP) is 0.372. The van der Waals surface area contributed by atoms with Gasteiger partial charge >= 0.3 is 5.97 Å². The zero-order chi connectivity index (χ0) is 9.52. The van der Waals surface area contributed by atoms with E-state index in [2.05, 4.69) is 10.3 Å². The van der Waals surface area contributed by atoms with Crippen LogP contribution >= 0.6 is 0 Å². The van der Waals surface area contributed by atoms with Crippen molar-refractivity contribution in [2.75, 3.05) is 19.7 Å². The van der Waals surface area contributed by atoms with E-state index in [1.807, 2.05) is 0 Å². The average molecular weight is 184 g/mol. The Morgan fingerprint density at radius 1 is 1.77 bits per heavy atom. The minimum absolute atomic E-state index is 0.248. The minimum Gasteiger partial charge on any atom is -0.462 e. The normalized spacial score (nSPS) is 23.3. The number of carbonyl (C=O) groups excluding carboxylic acids is 1. The zero-order valence-electron chi connectivity index (χ0n) is 7.95. The highest BCUT2D eigenvalue weighted by molar-refractivity contribution is 6.23. The first-order chi connectivity index (χ1) is 6.33. The third-order valence-corrected chi connectivity index (χ3v) is 1.95. The van der Waals surface area contributed by atoms with Gasteiger partial charge < -0.3 is 10.1 Å². The maximum Gasteiger partial charge on any atom is 0.348 e. The Morgan fingerprint density at radius 2 is 2.62 bits per heavy atom. The Balaban J connectivity index is 2.24. The van der Waals surface area contributed by atoms with Crippen LogP contribution in [0.5, 0.6) is 0 Å². The number of piperidine rings is 1. The van der Waals surface area contributed by atoms with Crippen molar-refractivity contribution in [2.24, 2.45) is 4.99 Å². The van der Waals surface area contributed by atoms with Crippen molar-refractivity contribution in [2.45, 2.75) is 25.8 Å². The lowest BCUT2D eigenvalue weighted by atomic mass is 10.1. The van der Waals surface area contributed by atoms with E-state index >= 15 is 0 Å². The summed E-state index contributed by atoms with van der Waals surface area (Å²) in [7, 11) is 0. The number of hydrogen-bond acceptors (Lipinski definition) is 4. The number of ether oxygens (including phenoxy) is 1. The molecule has 0 aliphatic carbocycles. The lowest BCUT2D eigenvalue weighted by Crippen LogP contribution is -2.32. The van der Waals surface area contributed by atoms with Crippen LogP contribution in [0.25, 0.3) is 0 Å². The van der Waals surface area contributed by atoms with Crippen molar-refractivity contribution in [1.29, 1.82) is 0 Å². The molecule has 1 rings (SSSR count). The van der Waals surface area contributed by atoms with Crippen molar-refractivity contribution in [3.05, 3.63) is 0 Å². The van der Waals surface area contributed by atoms with Crippen molar-refractivity contribution >= 4 is 12.2 Å². The van der Waals surface area contributed by atoms with Gasteiger partial charge in [0.15, 0.2) is 0 Å². The summed E-state index contributed by atoms with van der Waals surface area (Å²) < 4.78 is 4.72. The summed E-state index contributed by atoms with van der Waals surface area (Å²) in [6.45, 7) is 4.13. The molecule has 1 atom stereocenters. The molecule has 0 spiro atoms. The third-order valence-electron chi connectivity index (χ3n) is 1.95. The smallest absolute Gasteiger partial charge is 0.348 e. The second-order valence-corrected chi connectivity index (χ2v) is 3.03. The average Bonchev–Trinajstić information content (AvgIpc) is 2.17. The first-order valence-electron chi connectivity index (χ1n) is 4.73. The Hall–Kier alpha value is -0.900. The molecule has 1 heterocycles. The van der Waals surface area contributed by atoms with Crippen molar-refractivity contribution < 1.29 is 9.53 Å². The monoisotopic (exact) mass is 184 g/mol. The van der Waals surface area contributed by atoms with Gasteiger partial charge in [-0.15, -0.1) is 0 Å². The van der Waals surface area contributed by atoms with E-state index < -0.39 is 0 Å². The SMILES string of the molecule is CCOC(=O)C=NC1CCCNC1. The Labute approximate surface area is 78.4 Å². The van der Waals surface area contributed by atoms with Crippen molar-refractivity contribution in [1.82, 2.24) is 5.32 Å². The first-order valence-corrected chi connectivity index (χ1v) is 4.73. The lowest BCUT2D eigenvalue weighted by molar-refractivity contribution is -0.134. The Kier molecular flexibility index (Phi) is 4.46. The molecule has 1 aliphatic rings. The summed E-state index contributed by atoms with van der Waals surface area (Å²) in [6, 6.07) is 0.248. The Morgan fingerprint density at radius 3 is 3.23 bits per heavy atom. The molecular formula is C9H16N2O2. The molecule has 13 heavy (non-hydrogen) atoms. The number of aliphatic imine (C=N–C) groups is 1. The van der Waals surface area contributed by atoms with E-state index in [-0.39, 0.29) is 12.0 Å². The molecule has 0 saturated carbocycles. The lowest BCUT2D eigenvalue weighted by Gasteiger charge is -2.18. The van der Waals surface area contributed by atoms with E-state index in [0.717, 1.165) is 25.9 Å². The molecule has 0 aromatic carbocycles. The van der Waals surface area contributed by atoms with Crippen LogP contribution in [0.2, 0.25) is 0 Å². The molecular weight excluding hydrogens is 168 g/mol. The van der Waals surface area contributed by atoms with Crippen LogP contribution in [0.15, 0.2) is 4.99 Å². The highest BCUT2D eigenvalue weighted by atomic mass is 16.5. The van der Waals surface area contributed by atoms with E-state index in [1.165, 1.54) is 6.21 Å². The maximum absolute atomic E-state index is 10.9. The molecule has 4 heteroatoms. The third kappa shape index (κ3) is 4.03. The summed E-state index contributed by atoms with van der Waals surface area (Å²) in [6.07, 6.45) is 3.48. The number of rotatable bonds is 3. The quantitative estimate of drug-likeness (QED) is 0.509. The highest BCUT2D eigenvalue weighted by Crippen LogP contribution is 2.04. The van der Waals surface area contributed by atoms with Crippen molar-refractivity contribution in [3.8, 4) is 0 Å². The van der Waals surface area contributed by atoms with Crippen LogP contribution in [0.3, 0.4) is 0 Å². The second kappa shape index (κ2) is 5.70. The first kappa shape index (κ1) is 10.2. The fourth-order valence-electron chi connectivity index (χ4n) is 1.31. The highest BCUT2D eigenvalue weighted by Gasteiger charge is 2.10. The molecule has 1 aliphatic heterocycles. The molecule has 74 valence electrons. The Bertz CT molecular complexity index is 186. The standard InChI is InChI=1S/C9H16N2O2/c1-2-13-9(12)7-11-8-4-3-5-10-6-8/h7-8,10H,2-6H2,1H3. The number of esters is 1. The van der Waals surface area contributed by atoms with Crippen LogP contribution in [-0.2, 0) is 9.53 Å². The molecule has 0 radical (unpaired) electrons. The van der Waals surface area contributed by atoms with E-state index in [9.17, 15) is 4.79 Å². The maximum atomic E-state index is 10.9. The van der Waals surface area contributed by atoms with Crippen LogP contribution < -0.4 is 5.32 Å². The number of hydrogen-bond donors (Lipinski definition) is 1. The fourth-order valence-corrected chi connectivity index (χ4v) is 1.31. The molecule has 1 N–H and O–H groups in total. The summed E-state index contributed by atoms with van der Waals surface area (Å²) in [5.74, 6) is -0.340. The molecule has 4 nitrogen and oxygen atoms in total. The van der Waals surface area contributed by atoms with E-state index in [1.54, 1.807) is 6.92 Å². The van der Waals surface area contributed by atoms with Crippen LogP contribution in [-0.4, -0.2) is 37.9 Å². The van der Waals surface area contributed by atoms with Gasteiger partial charge in [-0.25, -0.2) is 4.79 Å². The zero-order valence-corrected chi connectivity index (χ0v) is 7.95. The molecule has 1 unspecified atom stereocenters. The summed E-state index contributed by atoms with van der Waals surface area (Å²) >= 11 is 0. The molecule has 0 aromatic heterocycles. The van der Waals surface area contributed by atoms with Crippen LogP contribution in [0.4, 0.5) is 0 Å². The number of nitrogens with zero attached hydrogens (tertiary/aromatic N) is 1. The minimum atomic E-state index is -0.340. The molecule has 0 aromatic rings. The largest absolute Gasteiger partial charge is 0.462 e. The van der Waals surface area contributed by atoms with Gasteiger partial charge in [0.1, 0.15) is 6.21 Å². The molecule has 0 amide bonds. The van der Waals surface area contributed by atoms with Gasteiger partial charge in [-0.1, -0.05) is 0 Å². The second-order valence-electron chi connectivity index (χ2n) is 3.03. The van der Waals surface area contributed by atoms with E-state index in [0.29, 0.717) is 6.61 Å². The van der Waals surface area contributed by atoms with Crippen LogP contribution in [0, 0.1) is 0 Å². The summed E-state index contributed by atoms with van der Waals surface area (Å²) in [5, 5.41) is 3.22. The fraction of sp³-hybridized carbons (Fsp3) is 0.778. The number of carbonyl (C=O) groups is 1. The van der Waals surface area contributed by atoms with Gasteiger partial charge in [0.25, 0.3) is 0 Å². The van der Waals surface area contributed by atoms with Gasteiger partial charge in [-0.2, -0.15) is 0 Å². The molecule has 1 saturated heterocycles. The van der Waals surface area contributed by atoms with Gasteiger partial charge in [0, 0.05) is 6.54 Å². The topological polar surface area (TPSA) is 50.7 Å². The predicted molar refractivity (Wildman–Crippen MR) is 51.0 cm³/mol. The van der Waals surface area contributed by atoms with Gasteiger partial charge in [-0.05, 0) is 26.3 Å². The number of nitrogens with one attached hydrogen (secondary N) is 1. The summed E-state index contributed by atoms with van der Waals surface area (Å²) in [4.78, 5) is 15.0. The van der Waals surface area contributed by atoms with Crippen LogP contribution in [0.1, 0.15) is 19.8 Å².